The molecular formula is C24H34N4O5S. The zero-order chi connectivity index (χ0) is 24.7. The molecule has 0 aromatic heterocycles. The SMILES string of the molecule is CCN(CC)S(=O)(=O)c1ccc2c(c1)CCCN2C(=O)CN1C(=O)NC2(CCC(C)CC2)C1=O. The van der Waals surface area contributed by atoms with E-state index in [1.165, 1.54) is 10.4 Å². The van der Waals surface area contributed by atoms with Crippen LogP contribution in [0.5, 0.6) is 0 Å². The Balaban J connectivity index is 1.53. The lowest BCUT2D eigenvalue weighted by atomic mass is 9.77. The molecule has 0 atom stereocenters. The van der Waals surface area contributed by atoms with Crippen molar-refractivity contribution in [3.63, 3.8) is 0 Å². The summed E-state index contributed by atoms with van der Waals surface area (Å²) in [6, 6.07) is 4.34. The monoisotopic (exact) mass is 490 g/mol. The highest BCUT2D eigenvalue weighted by atomic mass is 32.2. The lowest BCUT2D eigenvalue weighted by Gasteiger charge is -2.34. The number of carbonyl (C=O) groups excluding carboxylic acids is 3. The van der Waals surface area contributed by atoms with Crippen molar-refractivity contribution in [1.82, 2.24) is 14.5 Å². The van der Waals surface area contributed by atoms with Crippen LogP contribution in [0.3, 0.4) is 0 Å². The summed E-state index contributed by atoms with van der Waals surface area (Å²) in [5.74, 6) is -0.132. The smallest absolute Gasteiger partial charge is 0.323 e. The van der Waals surface area contributed by atoms with E-state index in [9.17, 15) is 22.8 Å². The van der Waals surface area contributed by atoms with Gasteiger partial charge in [-0.2, -0.15) is 4.31 Å². The van der Waals surface area contributed by atoms with Crippen LogP contribution in [0.4, 0.5) is 10.5 Å². The van der Waals surface area contributed by atoms with Gasteiger partial charge in [-0.3, -0.25) is 14.5 Å². The third-order valence-corrected chi connectivity index (χ3v) is 9.53. The van der Waals surface area contributed by atoms with Crippen LogP contribution in [0.25, 0.3) is 0 Å². The van der Waals surface area contributed by atoms with Crippen LogP contribution in [0.15, 0.2) is 23.1 Å². The van der Waals surface area contributed by atoms with Crippen LogP contribution in [-0.2, 0) is 26.0 Å². The first-order valence-corrected chi connectivity index (χ1v) is 13.6. The van der Waals surface area contributed by atoms with E-state index in [1.807, 2.05) is 0 Å². The third kappa shape index (κ3) is 4.22. The molecule has 1 saturated carbocycles. The van der Waals surface area contributed by atoms with Gasteiger partial charge in [0.15, 0.2) is 0 Å². The highest BCUT2D eigenvalue weighted by Crippen LogP contribution is 2.37. The molecule has 4 rings (SSSR count). The van der Waals surface area contributed by atoms with E-state index in [4.69, 9.17) is 0 Å². The molecule has 1 saturated heterocycles. The van der Waals surface area contributed by atoms with Crippen LogP contribution >= 0.6 is 0 Å². The molecule has 1 spiro atoms. The lowest BCUT2D eigenvalue weighted by Crippen LogP contribution is -2.50. The molecule has 4 amide bonds. The predicted octanol–water partition coefficient (Wildman–Crippen LogP) is 2.50. The van der Waals surface area contributed by atoms with Gasteiger partial charge >= 0.3 is 6.03 Å². The first kappa shape index (κ1) is 24.7. The Hall–Kier alpha value is -2.46. The summed E-state index contributed by atoms with van der Waals surface area (Å²) < 4.78 is 27.2. The Morgan fingerprint density at radius 2 is 1.85 bits per heavy atom. The molecule has 0 bridgehead atoms. The number of hydrogen-bond acceptors (Lipinski definition) is 5. The van der Waals surface area contributed by atoms with E-state index in [-0.39, 0.29) is 23.3 Å². The van der Waals surface area contributed by atoms with E-state index in [0.29, 0.717) is 56.9 Å². The minimum atomic E-state index is -3.60. The molecule has 0 radical (unpaired) electrons. The molecule has 10 heteroatoms. The zero-order valence-corrected chi connectivity index (χ0v) is 21.0. The second kappa shape index (κ2) is 9.30. The third-order valence-electron chi connectivity index (χ3n) is 7.48. The number of nitrogens with one attached hydrogen (secondary N) is 1. The molecular weight excluding hydrogens is 456 g/mol. The van der Waals surface area contributed by atoms with E-state index in [0.717, 1.165) is 23.3 Å². The van der Waals surface area contributed by atoms with Gasteiger partial charge in [0.05, 0.1) is 4.90 Å². The first-order chi connectivity index (χ1) is 16.1. The maximum Gasteiger partial charge on any atom is 0.325 e. The Labute approximate surface area is 201 Å². The Morgan fingerprint density at radius 1 is 1.18 bits per heavy atom. The molecule has 1 N–H and O–H groups in total. The number of anilines is 1. The van der Waals surface area contributed by atoms with Gasteiger partial charge in [-0.1, -0.05) is 20.8 Å². The largest absolute Gasteiger partial charge is 0.325 e. The average molecular weight is 491 g/mol. The number of sulfonamides is 1. The van der Waals surface area contributed by atoms with Crippen LogP contribution in [0.1, 0.15) is 58.4 Å². The van der Waals surface area contributed by atoms with E-state index < -0.39 is 21.6 Å². The fourth-order valence-electron chi connectivity index (χ4n) is 5.34. The second-order valence-electron chi connectivity index (χ2n) is 9.61. The Bertz CT molecular complexity index is 1090. The maximum absolute atomic E-state index is 13.2. The molecule has 2 fully saturated rings. The average Bonchev–Trinajstić information content (AvgIpc) is 3.04. The summed E-state index contributed by atoms with van der Waals surface area (Å²) in [6.45, 7) is 6.64. The number of amides is 4. The standard InChI is InChI=1S/C24H34N4O5S/c1-4-26(5-2)34(32,33)19-8-9-20-18(15-19)7-6-14-27(20)21(29)16-28-22(30)24(25-23(28)31)12-10-17(3)11-13-24/h8-9,15,17H,4-7,10-14,16H2,1-3H3,(H,25,31). The molecule has 3 aliphatic rings. The zero-order valence-electron chi connectivity index (χ0n) is 20.2. The fourth-order valence-corrected chi connectivity index (χ4v) is 6.85. The molecule has 1 aromatic rings. The van der Waals surface area contributed by atoms with Crippen LogP contribution in [0, 0.1) is 5.92 Å². The summed E-state index contributed by atoms with van der Waals surface area (Å²) in [5.41, 5.74) is 0.544. The van der Waals surface area contributed by atoms with E-state index in [1.54, 1.807) is 30.9 Å². The van der Waals surface area contributed by atoms with Crippen molar-refractivity contribution in [3.8, 4) is 0 Å². The number of carbonyl (C=O) groups is 3. The van der Waals surface area contributed by atoms with Gasteiger partial charge in [-0.05, 0) is 68.2 Å². The lowest BCUT2D eigenvalue weighted by molar-refractivity contribution is -0.135. The molecule has 34 heavy (non-hydrogen) atoms. The van der Waals surface area contributed by atoms with Gasteiger partial charge in [0, 0.05) is 25.3 Å². The second-order valence-corrected chi connectivity index (χ2v) is 11.6. The quantitative estimate of drug-likeness (QED) is 0.617. The van der Waals surface area contributed by atoms with Crippen molar-refractivity contribution >= 4 is 33.6 Å². The normalized spacial score (nSPS) is 25.1. The molecule has 1 aromatic carbocycles. The Morgan fingerprint density at radius 3 is 2.50 bits per heavy atom. The van der Waals surface area contributed by atoms with Gasteiger partial charge in [0.25, 0.3) is 5.91 Å². The highest BCUT2D eigenvalue weighted by Gasteiger charge is 2.52. The van der Waals surface area contributed by atoms with Crippen molar-refractivity contribution in [3.05, 3.63) is 23.8 Å². The summed E-state index contributed by atoms with van der Waals surface area (Å²) in [5, 5.41) is 2.86. The van der Waals surface area contributed by atoms with Crippen molar-refractivity contribution < 1.29 is 22.8 Å². The van der Waals surface area contributed by atoms with E-state index in [2.05, 4.69) is 12.2 Å². The van der Waals surface area contributed by atoms with Crippen LogP contribution < -0.4 is 10.2 Å². The van der Waals surface area contributed by atoms with Crippen molar-refractivity contribution in [2.75, 3.05) is 31.1 Å². The minimum Gasteiger partial charge on any atom is -0.323 e. The topological polar surface area (TPSA) is 107 Å². The van der Waals surface area contributed by atoms with Gasteiger partial charge in [0.2, 0.25) is 15.9 Å². The van der Waals surface area contributed by atoms with Gasteiger partial charge < -0.3 is 10.2 Å². The number of nitrogens with zero attached hydrogens (tertiary/aromatic N) is 3. The van der Waals surface area contributed by atoms with Crippen molar-refractivity contribution in [2.24, 2.45) is 5.92 Å². The molecule has 186 valence electrons. The summed E-state index contributed by atoms with van der Waals surface area (Å²) in [6.07, 6.45) is 4.26. The molecule has 2 heterocycles. The van der Waals surface area contributed by atoms with Gasteiger partial charge in [-0.25, -0.2) is 13.2 Å². The van der Waals surface area contributed by atoms with Crippen molar-refractivity contribution in [2.45, 2.75) is 69.7 Å². The summed E-state index contributed by atoms with van der Waals surface area (Å²) in [7, 11) is -3.60. The van der Waals surface area contributed by atoms with E-state index >= 15 is 0 Å². The van der Waals surface area contributed by atoms with Crippen LogP contribution in [-0.4, -0.2) is 67.2 Å². The predicted molar refractivity (Wildman–Crippen MR) is 128 cm³/mol. The minimum absolute atomic E-state index is 0.215. The number of hydrogen-bond donors (Lipinski definition) is 1. The highest BCUT2D eigenvalue weighted by molar-refractivity contribution is 7.89. The number of benzene rings is 1. The number of fused-ring (bicyclic) bond motifs is 1. The van der Waals surface area contributed by atoms with Gasteiger partial charge in [-0.15, -0.1) is 0 Å². The van der Waals surface area contributed by atoms with Crippen LogP contribution in [0.2, 0.25) is 0 Å². The summed E-state index contributed by atoms with van der Waals surface area (Å²) >= 11 is 0. The number of aryl methyl sites for hydroxylation is 1. The first-order valence-electron chi connectivity index (χ1n) is 12.2. The number of urea groups is 1. The molecule has 2 aliphatic heterocycles. The number of rotatable bonds is 6. The Kier molecular flexibility index (Phi) is 6.74. The summed E-state index contributed by atoms with van der Waals surface area (Å²) in [4.78, 5) is 41.8. The number of imide groups is 1. The molecule has 1 aliphatic carbocycles. The molecule has 0 unspecified atom stereocenters. The fraction of sp³-hybridized carbons (Fsp3) is 0.625. The van der Waals surface area contributed by atoms with Crippen molar-refractivity contribution in [1.29, 1.82) is 0 Å². The maximum atomic E-state index is 13.2. The molecule has 9 nitrogen and oxygen atoms in total. The van der Waals surface area contributed by atoms with Gasteiger partial charge in [0.1, 0.15) is 12.1 Å².